The van der Waals surface area contributed by atoms with Gasteiger partial charge in [0, 0.05) is 21.2 Å². The van der Waals surface area contributed by atoms with Crippen molar-refractivity contribution in [1.82, 2.24) is 5.32 Å². The number of thiophene rings is 1. The summed E-state index contributed by atoms with van der Waals surface area (Å²) in [6.45, 7) is 0. The minimum Gasteiger partial charge on any atom is -0.480 e. The van der Waals surface area contributed by atoms with Crippen LogP contribution in [0.1, 0.15) is 37.0 Å². The van der Waals surface area contributed by atoms with Crippen LogP contribution in [0.3, 0.4) is 0 Å². The van der Waals surface area contributed by atoms with Crippen molar-refractivity contribution in [2.75, 3.05) is 0 Å². The molecule has 1 aliphatic rings. The lowest BCUT2D eigenvalue weighted by molar-refractivity contribution is -0.147. The van der Waals surface area contributed by atoms with Crippen molar-refractivity contribution in [2.24, 2.45) is 0 Å². The van der Waals surface area contributed by atoms with E-state index in [2.05, 4.69) is 21.2 Å². The van der Waals surface area contributed by atoms with Gasteiger partial charge in [-0.25, -0.2) is 4.79 Å². The smallest absolute Gasteiger partial charge is 0.329 e. The molecule has 1 aromatic heterocycles. The van der Waals surface area contributed by atoms with Gasteiger partial charge in [0.25, 0.3) is 0 Å². The van der Waals surface area contributed by atoms with Gasteiger partial charge < -0.3 is 10.4 Å². The minimum absolute atomic E-state index is 0.172. The number of aryl methyl sites for hydroxylation is 1. The number of amides is 1. The lowest BCUT2D eigenvalue weighted by Crippen LogP contribution is -2.52. The number of carbonyl (C=O) groups excluding carboxylic acids is 1. The molecule has 0 saturated heterocycles. The molecule has 1 heterocycles. The molecular formula is C13H16BrNO3S. The monoisotopic (exact) mass is 345 g/mol. The summed E-state index contributed by atoms with van der Waals surface area (Å²) in [4.78, 5) is 24.3. The van der Waals surface area contributed by atoms with E-state index in [-0.39, 0.29) is 5.91 Å². The average molecular weight is 346 g/mol. The van der Waals surface area contributed by atoms with E-state index in [0.717, 1.165) is 22.2 Å². The summed E-state index contributed by atoms with van der Waals surface area (Å²) in [5.41, 5.74) is -1.02. The van der Waals surface area contributed by atoms with Crippen molar-refractivity contribution in [3.05, 3.63) is 20.8 Å². The van der Waals surface area contributed by atoms with Gasteiger partial charge in [-0.05, 0) is 41.3 Å². The number of rotatable bonds is 5. The number of aliphatic carboxylic acids is 1. The lowest BCUT2D eigenvalue weighted by Gasteiger charge is -2.25. The molecule has 2 rings (SSSR count). The maximum atomic E-state index is 11.9. The van der Waals surface area contributed by atoms with Crippen molar-refractivity contribution in [2.45, 2.75) is 44.1 Å². The van der Waals surface area contributed by atoms with E-state index < -0.39 is 11.5 Å². The van der Waals surface area contributed by atoms with Crippen LogP contribution in [0, 0.1) is 0 Å². The fourth-order valence-electron chi connectivity index (χ4n) is 2.42. The Morgan fingerprint density at radius 3 is 2.63 bits per heavy atom. The Hall–Kier alpha value is -0.880. The fourth-order valence-corrected chi connectivity index (χ4v) is 3.88. The first-order valence-electron chi connectivity index (χ1n) is 6.29. The molecule has 0 spiro atoms. The molecule has 6 heteroatoms. The highest BCUT2D eigenvalue weighted by molar-refractivity contribution is 9.10. The number of nitrogens with one attached hydrogen (secondary N) is 1. The molecule has 0 bridgehead atoms. The summed E-state index contributed by atoms with van der Waals surface area (Å²) in [5, 5.41) is 14.0. The van der Waals surface area contributed by atoms with Crippen molar-refractivity contribution in [3.63, 3.8) is 0 Å². The molecule has 0 aliphatic heterocycles. The molecule has 1 saturated carbocycles. The third-order valence-corrected chi connectivity index (χ3v) is 5.22. The molecule has 1 amide bonds. The Labute approximate surface area is 124 Å². The standard InChI is InChI=1S/C13H16BrNO3S/c14-9-7-10(19-8-9)3-4-11(16)15-13(12(17)18)5-1-2-6-13/h7-8H,1-6H2,(H,15,16)(H,17,18). The predicted octanol–water partition coefficient (Wildman–Crippen LogP) is 2.96. The van der Waals surface area contributed by atoms with E-state index in [1.165, 1.54) is 0 Å². The normalized spacial score (nSPS) is 17.3. The van der Waals surface area contributed by atoms with Crippen LogP contribution < -0.4 is 5.32 Å². The second-order valence-corrected chi connectivity index (χ2v) is 6.79. The highest BCUT2D eigenvalue weighted by Crippen LogP contribution is 2.30. The number of hydrogen-bond acceptors (Lipinski definition) is 3. The van der Waals surface area contributed by atoms with E-state index in [4.69, 9.17) is 0 Å². The molecular weight excluding hydrogens is 330 g/mol. The van der Waals surface area contributed by atoms with Crippen LogP contribution in [0.4, 0.5) is 0 Å². The topological polar surface area (TPSA) is 66.4 Å². The van der Waals surface area contributed by atoms with Crippen LogP contribution in [0.25, 0.3) is 0 Å². The van der Waals surface area contributed by atoms with Gasteiger partial charge in [0.1, 0.15) is 5.54 Å². The minimum atomic E-state index is -1.02. The highest BCUT2D eigenvalue weighted by Gasteiger charge is 2.42. The summed E-state index contributed by atoms with van der Waals surface area (Å²) in [7, 11) is 0. The molecule has 0 aromatic carbocycles. The van der Waals surface area contributed by atoms with Gasteiger partial charge >= 0.3 is 5.97 Å². The third kappa shape index (κ3) is 3.57. The molecule has 0 atom stereocenters. The number of halogens is 1. The molecule has 4 nitrogen and oxygen atoms in total. The Kier molecular flexibility index (Phi) is 4.62. The van der Waals surface area contributed by atoms with Gasteiger partial charge in [0.05, 0.1) is 0 Å². The first-order chi connectivity index (χ1) is 9.02. The maximum Gasteiger partial charge on any atom is 0.329 e. The first-order valence-corrected chi connectivity index (χ1v) is 7.96. The average Bonchev–Trinajstić information content (AvgIpc) is 2.97. The van der Waals surface area contributed by atoms with Crippen LogP contribution in [0.15, 0.2) is 15.9 Å². The fraction of sp³-hybridized carbons (Fsp3) is 0.538. The van der Waals surface area contributed by atoms with E-state index in [0.29, 0.717) is 25.7 Å². The molecule has 1 aromatic rings. The summed E-state index contributed by atoms with van der Waals surface area (Å²) < 4.78 is 1.02. The third-order valence-electron chi connectivity index (χ3n) is 3.47. The molecule has 0 radical (unpaired) electrons. The van der Waals surface area contributed by atoms with Crippen LogP contribution in [0.2, 0.25) is 0 Å². The Balaban J connectivity index is 1.88. The molecule has 104 valence electrons. The van der Waals surface area contributed by atoms with Gasteiger partial charge in [-0.15, -0.1) is 11.3 Å². The van der Waals surface area contributed by atoms with Gasteiger partial charge in [-0.1, -0.05) is 12.8 Å². The number of hydrogen-bond donors (Lipinski definition) is 2. The zero-order chi connectivity index (χ0) is 13.9. The Bertz CT molecular complexity index is 480. The van der Waals surface area contributed by atoms with Crippen molar-refractivity contribution in [1.29, 1.82) is 0 Å². The van der Waals surface area contributed by atoms with Crippen molar-refractivity contribution >= 4 is 39.1 Å². The molecule has 19 heavy (non-hydrogen) atoms. The van der Waals surface area contributed by atoms with Gasteiger partial charge in [-0.3, -0.25) is 4.79 Å². The van der Waals surface area contributed by atoms with E-state index in [1.807, 2.05) is 11.4 Å². The zero-order valence-electron chi connectivity index (χ0n) is 10.4. The van der Waals surface area contributed by atoms with Crippen LogP contribution in [-0.2, 0) is 16.0 Å². The van der Waals surface area contributed by atoms with Crippen LogP contribution >= 0.6 is 27.3 Å². The largest absolute Gasteiger partial charge is 0.480 e. The van der Waals surface area contributed by atoms with Crippen LogP contribution in [-0.4, -0.2) is 22.5 Å². The number of carboxylic acid groups (broad SMARTS) is 1. The lowest BCUT2D eigenvalue weighted by atomic mass is 9.97. The number of carbonyl (C=O) groups is 2. The molecule has 2 N–H and O–H groups in total. The van der Waals surface area contributed by atoms with E-state index in [1.54, 1.807) is 11.3 Å². The molecule has 1 aliphatic carbocycles. The van der Waals surface area contributed by atoms with Gasteiger partial charge in [-0.2, -0.15) is 0 Å². The van der Waals surface area contributed by atoms with E-state index in [9.17, 15) is 14.7 Å². The van der Waals surface area contributed by atoms with E-state index >= 15 is 0 Å². The SMILES string of the molecule is O=C(CCc1cc(Br)cs1)NC1(C(=O)O)CCCC1. The summed E-state index contributed by atoms with van der Waals surface area (Å²) in [6.07, 6.45) is 3.80. The molecule has 0 unspecified atom stereocenters. The van der Waals surface area contributed by atoms with Gasteiger partial charge in [0.2, 0.25) is 5.91 Å². The summed E-state index contributed by atoms with van der Waals surface area (Å²) >= 11 is 4.97. The first kappa shape index (κ1) is 14.5. The Morgan fingerprint density at radius 2 is 2.11 bits per heavy atom. The zero-order valence-corrected chi connectivity index (χ0v) is 12.8. The number of carboxylic acids is 1. The van der Waals surface area contributed by atoms with Crippen molar-refractivity contribution in [3.8, 4) is 0 Å². The van der Waals surface area contributed by atoms with Crippen molar-refractivity contribution < 1.29 is 14.7 Å². The summed E-state index contributed by atoms with van der Waals surface area (Å²) in [6, 6.07) is 1.99. The van der Waals surface area contributed by atoms with Gasteiger partial charge in [0.15, 0.2) is 0 Å². The quantitative estimate of drug-likeness (QED) is 0.861. The maximum absolute atomic E-state index is 11.9. The van der Waals surface area contributed by atoms with Crippen LogP contribution in [0.5, 0.6) is 0 Å². The highest BCUT2D eigenvalue weighted by atomic mass is 79.9. The predicted molar refractivity (Wildman–Crippen MR) is 77.3 cm³/mol. The second-order valence-electron chi connectivity index (χ2n) is 4.87. The Morgan fingerprint density at radius 1 is 1.42 bits per heavy atom. The summed E-state index contributed by atoms with van der Waals surface area (Å²) in [5.74, 6) is -1.08. The molecule has 1 fully saturated rings. The second kappa shape index (κ2) is 6.05.